The lowest BCUT2D eigenvalue weighted by atomic mass is 10.1. The first-order chi connectivity index (χ1) is 5.75. The van der Waals surface area contributed by atoms with Gasteiger partial charge in [-0.05, 0) is 23.8 Å². The van der Waals surface area contributed by atoms with Crippen LogP contribution in [0.15, 0.2) is 24.3 Å². The molecule has 0 aromatic heterocycles. The second kappa shape index (κ2) is 2.53. The van der Waals surface area contributed by atoms with Crippen LogP contribution in [0.3, 0.4) is 0 Å². The number of aromatic hydroxyl groups is 1. The maximum Gasteiger partial charge on any atom is 0.144 e. The van der Waals surface area contributed by atoms with E-state index < -0.39 is 6.23 Å². The van der Waals surface area contributed by atoms with E-state index in [1.165, 1.54) is 0 Å². The third-order valence-electron chi connectivity index (χ3n) is 1.80. The lowest BCUT2D eigenvalue weighted by Gasteiger charge is -2.17. The molecular weight excluding hydrogens is 154 g/mol. The van der Waals surface area contributed by atoms with E-state index in [2.05, 4.69) is 5.32 Å². The number of aliphatic hydroxyl groups excluding tert-OH is 1. The number of anilines is 1. The van der Waals surface area contributed by atoms with Gasteiger partial charge in [-0.3, -0.25) is 0 Å². The normalized spacial score (nSPS) is 19.9. The van der Waals surface area contributed by atoms with Crippen LogP contribution in [0.1, 0.15) is 5.56 Å². The number of nitrogens with one attached hydrogen (secondary N) is 1. The molecule has 0 saturated heterocycles. The van der Waals surface area contributed by atoms with Crippen molar-refractivity contribution < 1.29 is 10.2 Å². The summed E-state index contributed by atoms with van der Waals surface area (Å²) in [6.07, 6.45) is 2.81. The molecule has 3 nitrogen and oxygen atoms in total. The molecule has 0 bridgehead atoms. The SMILES string of the molecule is Oc1ccc2c(c1)NC(O)C=C2. The Morgan fingerprint density at radius 2 is 2.17 bits per heavy atom. The first kappa shape index (κ1) is 7.18. The van der Waals surface area contributed by atoms with Crippen LogP contribution in [0.4, 0.5) is 5.69 Å². The molecule has 1 aromatic carbocycles. The summed E-state index contributed by atoms with van der Waals surface area (Å²) in [6.45, 7) is 0. The average Bonchev–Trinajstić information content (AvgIpc) is 2.03. The zero-order valence-corrected chi connectivity index (χ0v) is 6.36. The van der Waals surface area contributed by atoms with Crippen LogP contribution in [-0.2, 0) is 0 Å². The van der Waals surface area contributed by atoms with Crippen molar-refractivity contribution in [3.05, 3.63) is 29.8 Å². The van der Waals surface area contributed by atoms with Crippen LogP contribution < -0.4 is 5.32 Å². The molecule has 1 unspecified atom stereocenters. The van der Waals surface area contributed by atoms with E-state index in [0.717, 1.165) is 11.3 Å². The molecule has 0 fully saturated rings. The molecular formula is C9H9NO2. The summed E-state index contributed by atoms with van der Waals surface area (Å²) >= 11 is 0. The number of hydrogen-bond donors (Lipinski definition) is 3. The molecule has 1 aliphatic heterocycles. The molecule has 2 rings (SSSR count). The van der Waals surface area contributed by atoms with Crippen LogP contribution in [0, 0.1) is 0 Å². The minimum Gasteiger partial charge on any atom is -0.508 e. The van der Waals surface area contributed by atoms with Gasteiger partial charge in [0.15, 0.2) is 0 Å². The maximum atomic E-state index is 9.17. The van der Waals surface area contributed by atoms with Crippen LogP contribution in [-0.4, -0.2) is 16.4 Å². The van der Waals surface area contributed by atoms with Crippen LogP contribution >= 0.6 is 0 Å². The van der Waals surface area contributed by atoms with Crippen LogP contribution in [0.2, 0.25) is 0 Å². The Balaban J connectivity index is 2.47. The van der Waals surface area contributed by atoms with E-state index in [0.29, 0.717) is 0 Å². The lowest BCUT2D eigenvalue weighted by Crippen LogP contribution is -2.18. The van der Waals surface area contributed by atoms with Crippen molar-refractivity contribution in [3.63, 3.8) is 0 Å². The molecule has 3 N–H and O–H groups in total. The first-order valence-corrected chi connectivity index (χ1v) is 3.71. The Morgan fingerprint density at radius 3 is 3.00 bits per heavy atom. The summed E-state index contributed by atoms with van der Waals surface area (Å²) in [7, 11) is 0. The molecule has 0 saturated carbocycles. The van der Waals surface area contributed by atoms with Gasteiger partial charge in [-0.1, -0.05) is 6.08 Å². The molecule has 1 atom stereocenters. The van der Waals surface area contributed by atoms with E-state index in [-0.39, 0.29) is 5.75 Å². The molecule has 0 amide bonds. The number of fused-ring (bicyclic) bond motifs is 1. The number of phenols is 1. The quantitative estimate of drug-likeness (QED) is 0.537. The molecule has 0 aliphatic carbocycles. The summed E-state index contributed by atoms with van der Waals surface area (Å²) in [5.74, 6) is 0.198. The Hall–Kier alpha value is -1.48. The summed E-state index contributed by atoms with van der Waals surface area (Å²) in [5.41, 5.74) is 1.73. The zero-order chi connectivity index (χ0) is 8.55. The van der Waals surface area contributed by atoms with Gasteiger partial charge in [0.1, 0.15) is 12.0 Å². The van der Waals surface area contributed by atoms with Crippen LogP contribution in [0.5, 0.6) is 5.75 Å². The van der Waals surface area contributed by atoms with Gasteiger partial charge in [-0.15, -0.1) is 0 Å². The van der Waals surface area contributed by atoms with E-state index in [1.807, 2.05) is 6.08 Å². The van der Waals surface area contributed by atoms with Gasteiger partial charge in [-0.2, -0.15) is 0 Å². The number of benzene rings is 1. The Bertz CT molecular complexity index is 333. The maximum absolute atomic E-state index is 9.17. The van der Waals surface area contributed by atoms with Gasteiger partial charge in [0.05, 0.1) is 0 Å². The number of hydrogen-bond acceptors (Lipinski definition) is 3. The van der Waals surface area contributed by atoms with Crippen molar-refractivity contribution in [2.75, 3.05) is 5.32 Å². The minimum atomic E-state index is -0.653. The van der Waals surface area contributed by atoms with Crippen molar-refractivity contribution in [1.29, 1.82) is 0 Å². The van der Waals surface area contributed by atoms with Crippen LogP contribution in [0.25, 0.3) is 6.08 Å². The summed E-state index contributed by atoms with van der Waals surface area (Å²) in [4.78, 5) is 0. The van der Waals surface area contributed by atoms with E-state index in [9.17, 15) is 0 Å². The third kappa shape index (κ3) is 1.14. The first-order valence-electron chi connectivity index (χ1n) is 3.71. The Morgan fingerprint density at radius 1 is 1.33 bits per heavy atom. The largest absolute Gasteiger partial charge is 0.508 e. The predicted octanol–water partition coefficient (Wildman–Crippen LogP) is 1.15. The molecule has 1 heterocycles. The van der Waals surface area contributed by atoms with Crippen molar-refractivity contribution in [1.82, 2.24) is 0 Å². The zero-order valence-electron chi connectivity index (χ0n) is 6.36. The van der Waals surface area contributed by atoms with E-state index in [4.69, 9.17) is 10.2 Å². The molecule has 0 spiro atoms. The van der Waals surface area contributed by atoms with Gasteiger partial charge in [0.2, 0.25) is 0 Å². The lowest BCUT2D eigenvalue weighted by molar-refractivity contribution is 0.252. The molecule has 1 aliphatic rings. The Kier molecular flexibility index (Phi) is 1.52. The Labute approximate surface area is 70.0 Å². The van der Waals surface area contributed by atoms with Crippen molar-refractivity contribution in [2.24, 2.45) is 0 Å². The smallest absolute Gasteiger partial charge is 0.144 e. The van der Waals surface area contributed by atoms with E-state index in [1.54, 1.807) is 24.3 Å². The van der Waals surface area contributed by atoms with E-state index >= 15 is 0 Å². The average molecular weight is 163 g/mol. The fraction of sp³-hybridized carbons (Fsp3) is 0.111. The number of phenolic OH excluding ortho intramolecular Hbond substituents is 1. The molecule has 0 radical (unpaired) electrons. The predicted molar refractivity (Wildman–Crippen MR) is 46.8 cm³/mol. The van der Waals surface area contributed by atoms with Crippen molar-refractivity contribution >= 4 is 11.8 Å². The summed E-state index contributed by atoms with van der Waals surface area (Å²) in [6, 6.07) is 4.99. The number of aliphatic hydroxyl groups is 1. The summed E-state index contributed by atoms with van der Waals surface area (Å²) in [5, 5.41) is 21.1. The highest BCUT2D eigenvalue weighted by molar-refractivity contribution is 5.71. The fourth-order valence-corrected chi connectivity index (χ4v) is 1.22. The standard InChI is InChI=1S/C9H9NO2/c11-7-3-1-6-2-4-9(12)10-8(6)5-7/h1-5,9-12H. The second-order valence-electron chi connectivity index (χ2n) is 2.72. The highest BCUT2D eigenvalue weighted by atomic mass is 16.3. The fourth-order valence-electron chi connectivity index (χ4n) is 1.22. The van der Waals surface area contributed by atoms with Gasteiger partial charge >= 0.3 is 0 Å². The molecule has 1 aromatic rings. The molecule has 12 heavy (non-hydrogen) atoms. The topological polar surface area (TPSA) is 52.5 Å². The second-order valence-corrected chi connectivity index (χ2v) is 2.72. The van der Waals surface area contributed by atoms with Gasteiger partial charge in [0, 0.05) is 11.8 Å². The monoisotopic (exact) mass is 163 g/mol. The highest BCUT2D eigenvalue weighted by Gasteiger charge is 2.09. The minimum absolute atomic E-state index is 0.198. The highest BCUT2D eigenvalue weighted by Crippen LogP contribution is 2.26. The number of rotatable bonds is 0. The van der Waals surface area contributed by atoms with Gasteiger partial charge in [-0.25, -0.2) is 0 Å². The molecule has 62 valence electrons. The van der Waals surface area contributed by atoms with Crippen molar-refractivity contribution in [3.8, 4) is 5.75 Å². The van der Waals surface area contributed by atoms with Gasteiger partial charge < -0.3 is 15.5 Å². The van der Waals surface area contributed by atoms with Crippen molar-refractivity contribution in [2.45, 2.75) is 6.23 Å². The third-order valence-corrected chi connectivity index (χ3v) is 1.80. The molecule has 3 heteroatoms. The summed E-state index contributed by atoms with van der Waals surface area (Å²) < 4.78 is 0. The van der Waals surface area contributed by atoms with Gasteiger partial charge in [0.25, 0.3) is 0 Å².